The lowest BCUT2D eigenvalue weighted by Crippen LogP contribution is -2.30. The van der Waals surface area contributed by atoms with E-state index in [9.17, 15) is 4.79 Å². The molecule has 0 aliphatic rings. The average Bonchev–Trinajstić information content (AvgIpc) is 2.12. The minimum absolute atomic E-state index is 0. The smallest absolute Gasteiger partial charge is 0.320 e. The molecule has 5 nitrogen and oxygen atoms in total. The number of amidine groups is 1. The van der Waals surface area contributed by atoms with Crippen molar-refractivity contribution in [3.8, 4) is 0 Å². The van der Waals surface area contributed by atoms with Crippen LogP contribution in [0.5, 0.6) is 0 Å². The fourth-order valence-electron chi connectivity index (χ4n) is 0.870. The largest absolute Gasteiger partial charge is 0.480 e. The van der Waals surface area contributed by atoms with E-state index in [0.29, 0.717) is 31.6 Å². The third-order valence-electron chi connectivity index (χ3n) is 1.66. The van der Waals surface area contributed by atoms with Crippen molar-refractivity contribution in [2.24, 2.45) is 16.5 Å². The Labute approximate surface area is 95.7 Å². The van der Waals surface area contributed by atoms with Gasteiger partial charge in [-0.05, 0) is 12.8 Å². The molecular weight excluding hydrogens is 218 g/mol. The van der Waals surface area contributed by atoms with Gasteiger partial charge in [-0.15, -0.1) is 19.0 Å². The number of rotatable bonds is 7. The number of carboxylic acid groups (broad SMARTS) is 1. The first kappa shape index (κ1) is 16.4. The summed E-state index contributed by atoms with van der Waals surface area (Å²) in [5, 5.41) is 8.48. The van der Waals surface area contributed by atoms with Crippen LogP contribution in [-0.2, 0) is 4.79 Å². The highest BCUT2D eigenvalue weighted by Crippen LogP contribution is 1.95. The standard InChI is InChI=1S/C9H17N3O2.ClH/c1-2-4-8(11)12-6-3-5-7(10)9(13)14;/h2,7H,1,3-6,10H2,(H2,11,12)(H,13,14);1H. The van der Waals surface area contributed by atoms with Crippen LogP contribution in [0.3, 0.4) is 0 Å². The summed E-state index contributed by atoms with van der Waals surface area (Å²) in [5.41, 5.74) is 10.8. The number of aliphatic carboxylic acids is 1. The van der Waals surface area contributed by atoms with Crippen LogP contribution in [0.15, 0.2) is 17.6 Å². The number of hydrogen-bond donors (Lipinski definition) is 3. The summed E-state index contributed by atoms with van der Waals surface area (Å²) in [6.45, 7) is 4.04. The van der Waals surface area contributed by atoms with E-state index >= 15 is 0 Å². The minimum atomic E-state index is -0.979. The second kappa shape index (κ2) is 9.48. The lowest BCUT2D eigenvalue weighted by molar-refractivity contribution is -0.138. The first-order valence-electron chi connectivity index (χ1n) is 4.46. The SMILES string of the molecule is C=CCC(N)=NCCCC(N)C(=O)O.Cl. The van der Waals surface area contributed by atoms with Crippen LogP contribution < -0.4 is 11.5 Å². The molecule has 0 fully saturated rings. The van der Waals surface area contributed by atoms with Gasteiger partial charge in [-0.2, -0.15) is 0 Å². The molecule has 0 spiro atoms. The Morgan fingerprint density at radius 3 is 2.67 bits per heavy atom. The molecule has 0 aromatic carbocycles. The lowest BCUT2D eigenvalue weighted by Gasteiger charge is -2.03. The number of nitrogens with two attached hydrogens (primary N) is 2. The van der Waals surface area contributed by atoms with Crippen molar-refractivity contribution < 1.29 is 9.90 Å². The van der Waals surface area contributed by atoms with Crippen molar-refractivity contribution >= 4 is 24.2 Å². The first-order valence-corrected chi connectivity index (χ1v) is 4.46. The summed E-state index contributed by atoms with van der Waals surface area (Å²) < 4.78 is 0. The molecule has 0 aliphatic carbocycles. The Kier molecular flexibility index (Phi) is 10.3. The van der Waals surface area contributed by atoms with Gasteiger partial charge in [-0.1, -0.05) is 6.08 Å². The van der Waals surface area contributed by atoms with Crippen molar-refractivity contribution in [3.05, 3.63) is 12.7 Å². The van der Waals surface area contributed by atoms with Gasteiger partial charge < -0.3 is 16.6 Å². The Morgan fingerprint density at radius 2 is 2.20 bits per heavy atom. The van der Waals surface area contributed by atoms with Crippen molar-refractivity contribution in [1.82, 2.24) is 0 Å². The van der Waals surface area contributed by atoms with E-state index in [4.69, 9.17) is 16.6 Å². The van der Waals surface area contributed by atoms with E-state index < -0.39 is 12.0 Å². The summed E-state index contributed by atoms with van der Waals surface area (Å²) in [7, 11) is 0. The maximum Gasteiger partial charge on any atom is 0.320 e. The highest BCUT2D eigenvalue weighted by atomic mass is 35.5. The van der Waals surface area contributed by atoms with Gasteiger partial charge in [0.25, 0.3) is 0 Å². The van der Waals surface area contributed by atoms with E-state index in [2.05, 4.69) is 11.6 Å². The van der Waals surface area contributed by atoms with E-state index in [0.717, 1.165) is 0 Å². The van der Waals surface area contributed by atoms with Crippen LogP contribution in [0, 0.1) is 0 Å². The summed E-state index contributed by atoms with van der Waals surface area (Å²) in [6, 6.07) is -0.800. The van der Waals surface area contributed by atoms with E-state index in [-0.39, 0.29) is 12.4 Å². The predicted octanol–water partition coefficient (Wildman–Crippen LogP) is 0.534. The summed E-state index contributed by atoms with van der Waals surface area (Å²) in [6.07, 6.45) is 3.28. The topological polar surface area (TPSA) is 102 Å². The molecule has 0 aliphatic heterocycles. The zero-order valence-corrected chi connectivity index (χ0v) is 9.37. The lowest BCUT2D eigenvalue weighted by atomic mass is 10.2. The number of carbonyl (C=O) groups is 1. The van der Waals surface area contributed by atoms with Gasteiger partial charge in [-0.25, -0.2) is 0 Å². The van der Waals surface area contributed by atoms with Gasteiger partial charge in [0.15, 0.2) is 0 Å². The normalized spacial score (nSPS) is 12.7. The molecule has 0 rings (SSSR count). The fraction of sp³-hybridized carbons (Fsp3) is 0.556. The molecule has 6 heteroatoms. The maximum absolute atomic E-state index is 10.3. The number of hydrogen-bond acceptors (Lipinski definition) is 3. The zero-order valence-electron chi connectivity index (χ0n) is 8.56. The Balaban J connectivity index is 0. The Hall–Kier alpha value is -1.07. The van der Waals surface area contributed by atoms with Crippen LogP contribution in [0.2, 0.25) is 0 Å². The molecule has 0 aromatic heterocycles. The van der Waals surface area contributed by atoms with Gasteiger partial charge in [0.1, 0.15) is 6.04 Å². The van der Waals surface area contributed by atoms with Crippen molar-refractivity contribution in [2.45, 2.75) is 25.3 Å². The highest BCUT2D eigenvalue weighted by Gasteiger charge is 2.09. The molecular formula is C9H18ClN3O2. The molecule has 0 aromatic rings. The van der Waals surface area contributed by atoms with E-state index in [1.807, 2.05) is 0 Å². The predicted molar refractivity (Wildman–Crippen MR) is 63.4 cm³/mol. The third-order valence-corrected chi connectivity index (χ3v) is 1.66. The molecule has 0 saturated heterocycles. The second-order valence-electron chi connectivity index (χ2n) is 2.95. The van der Waals surface area contributed by atoms with Gasteiger partial charge in [0.05, 0.1) is 5.84 Å². The van der Waals surface area contributed by atoms with Crippen LogP contribution in [0.4, 0.5) is 0 Å². The number of nitrogens with zero attached hydrogens (tertiary/aromatic N) is 1. The molecule has 1 unspecified atom stereocenters. The second-order valence-corrected chi connectivity index (χ2v) is 2.95. The molecule has 0 bridgehead atoms. The molecule has 0 amide bonds. The number of aliphatic imine (C=N–C) groups is 1. The van der Waals surface area contributed by atoms with Gasteiger partial charge in [-0.3, -0.25) is 9.79 Å². The van der Waals surface area contributed by atoms with Crippen LogP contribution in [0.1, 0.15) is 19.3 Å². The summed E-state index contributed by atoms with van der Waals surface area (Å²) in [5.74, 6) is -0.461. The first-order chi connectivity index (χ1) is 6.57. The number of carboxylic acids is 1. The highest BCUT2D eigenvalue weighted by molar-refractivity contribution is 5.85. The quantitative estimate of drug-likeness (QED) is 0.259. The Morgan fingerprint density at radius 1 is 1.60 bits per heavy atom. The number of halogens is 1. The molecule has 1 atom stereocenters. The van der Waals surface area contributed by atoms with Gasteiger partial charge >= 0.3 is 5.97 Å². The molecule has 0 radical (unpaired) electrons. The minimum Gasteiger partial charge on any atom is -0.480 e. The van der Waals surface area contributed by atoms with Crippen molar-refractivity contribution in [3.63, 3.8) is 0 Å². The molecule has 15 heavy (non-hydrogen) atoms. The third kappa shape index (κ3) is 9.24. The van der Waals surface area contributed by atoms with Crippen LogP contribution >= 0.6 is 12.4 Å². The maximum atomic E-state index is 10.3. The molecule has 0 saturated carbocycles. The van der Waals surface area contributed by atoms with Crippen molar-refractivity contribution in [2.75, 3.05) is 6.54 Å². The zero-order chi connectivity index (χ0) is 11.0. The van der Waals surface area contributed by atoms with E-state index in [1.165, 1.54) is 0 Å². The molecule has 0 heterocycles. The van der Waals surface area contributed by atoms with E-state index in [1.54, 1.807) is 6.08 Å². The van der Waals surface area contributed by atoms with Gasteiger partial charge in [0.2, 0.25) is 0 Å². The molecule has 88 valence electrons. The Bertz CT molecular complexity index is 231. The van der Waals surface area contributed by atoms with Crippen LogP contribution in [0.25, 0.3) is 0 Å². The summed E-state index contributed by atoms with van der Waals surface area (Å²) >= 11 is 0. The van der Waals surface area contributed by atoms with Crippen LogP contribution in [-0.4, -0.2) is 29.5 Å². The summed E-state index contributed by atoms with van der Waals surface area (Å²) in [4.78, 5) is 14.4. The molecule has 5 N–H and O–H groups in total. The monoisotopic (exact) mass is 235 g/mol. The van der Waals surface area contributed by atoms with Crippen molar-refractivity contribution in [1.29, 1.82) is 0 Å². The fourth-order valence-corrected chi connectivity index (χ4v) is 0.870. The van der Waals surface area contributed by atoms with Gasteiger partial charge in [0, 0.05) is 13.0 Å². The average molecular weight is 236 g/mol.